The second kappa shape index (κ2) is 8.96. The van der Waals surface area contributed by atoms with Gasteiger partial charge in [-0.05, 0) is 30.2 Å². The number of nitrogens with two attached hydrogens (primary N) is 1. The monoisotopic (exact) mass is 449 g/mol. The van der Waals surface area contributed by atoms with E-state index in [1.807, 2.05) is 0 Å². The Kier molecular flexibility index (Phi) is 6.32. The molecule has 0 saturated carbocycles. The van der Waals surface area contributed by atoms with Crippen molar-refractivity contribution < 1.29 is 28.0 Å². The Bertz CT molecular complexity index is 1140. The number of carbonyl (C=O) groups is 1. The van der Waals surface area contributed by atoms with Crippen LogP contribution in [0.1, 0.15) is 22.3 Å². The lowest BCUT2D eigenvalue weighted by Crippen LogP contribution is -2.08. The first-order valence-corrected chi connectivity index (χ1v) is 9.31. The van der Waals surface area contributed by atoms with E-state index in [9.17, 15) is 33.2 Å². The third-order valence-corrected chi connectivity index (χ3v) is 4.63. The van der Waals surface area contributed by atoms with Crippen LogP contribution in [0.25, 0.3) is 11.1 Å². The number of aryl methyl sites for hydroxylation is 1. The molecule has 0 unspecified atom stereocenters. The van der Waals surface area contributed by atoms with E-state index in [1.165, 1.54) is 30.5 Å². The largest absolute Gasteiger partial charge is 0.478 e. The molecule has 0 aliphatic heterocycles. The molecular formula is C20H18F3N5O4. The summed E-state index contributed by atoms with van der Waals surface area (Å²) in [5.74, 6) is -1.04. The molecule has 4 N–H and O–H groups in total. The number of nitrogen functional groups attached to an aromatic ring is 1. The fourth-order valence-corrected chi connectivity index (χ4v) is 3.07. The summed E-state index contributed by atoms with van der Waals surface area (Å²) in [6, 6.07) is 6.96. The Hall–Kier alpha value is -4.09. The smallest absolute Gasteiger partial charge is 0.416 e. The summed E-state index contributed by atoms with van der Waals surface area (Å²) < 4.78 is 39.9. The van der Waals surface area contributed by atoms with Crippen LogP contribution < -0.4 is 11.1 Å². The minimum Gasteiger partial charge on any atom is -0.478 e. The number of carboxylic acid groups (broad SMARTS) is 1. The number of nitrogens with one attached hydrogen (secondary N) is 1. The van der Waals surface area contributed by atoms with Gasteiger partial charge in [-0.1, -0.05) is 12.1 Å². The molecule has 3 aromatic rings. The van der Waals surface area contributed by atoms with Crippen molar-refractivity contribution >= 4 is 23.3 Å². The first kappa shape index (κ1) is 22.6. The molecule has 168 valence electrons. The molecule has 0 fully saturated rings. The van der Waals surface area contributed by atoms with E-state index in [1.54, 1.807) is 10.8 Å². The fraction of sp³-hybridized carbons (Fsp3) is 0.200. The predicted octanol–water partition coefficient (Wildman–Crippen LogP) is 4.26. The highest BCUT2D eigenvalue weighted by Gasteiger charge is 2.30. The SMILES string of the molecule is Nc1nc(NCCCn2cc(C(=O)O)c(-c3ccc(C(F)(F)F)cc3)c2)ccc1[N+](=O)[O-]. The summed E-state index contributed by atoms with van der Waals surface area (Å²) in [5, 5.41) is 23.2. The van der Waals surface area contributed by atoms with Gasteiger partial charge >= 0.3 is 17.8 Å². The Balaban J connectivity index is 1.66. The minimum atomic E-state index is -4.48. The van der Waals surface area contributed by atoms with Crippen LogP contribution in [-0.2, 0) is 12.7 Å². The average molecular weight is 449 g/mol. The molecule has 0 atom stereocenters. The van der Waals surface area contributed by atoms with Crippen molar-refractivity contribution in [2.75, 3.05) is 17.6 Å². The van der Waals surface area contributed by atoms with Crippen molar-refractivity contribution in [1.29, 1.82) is 0 Å². The number of benzene rings is 1. The lowest BCUT2D eigenvalue weighted by molar-refractivity contribution is -0.384. The van der Waals surface area contributed by atoms with E-state index in [0.29, 0.717) is 36.5 Å². The van der Waals surface area contributed by atoms with Crippen molar-refractivity contribution in [3.8, 4) is 11.1 Å². The van der Waals surface area contributed by atoms with Crippen LogP contribution in [0.3, 0.4) is 0 Å². The van der Waals surface area contributed by atoms with Crippen LogP contribution in [0.5, 0.6) is 0 Å². The molecule has 1 aromatic carbocycles. The van der Waals surface area contributed by atoms with Crippen LogP contribution in [0, 0.1) is 10.1 Å². The van der Waals surface area contributed by atoms with Gasteiger partial charge in [-0.2, -0.15) is 13.2 Å². The average Bonchev–Trinajstić information content (AvgIpc) is 3.15. The van der Waals surface area contributed by atoms with Gasteiger partial charge in [-0.3, -0.25) is 10.1 Å². The van der Waals surface area contributed by atoms with Crippen molar-refractivity contribution in [3.63, 3.8) is 0 Å². The molecular weight excluding hydrogens is 431 g/mol. The van der Waals surface area contributed by atoms with Gasteiger partial charge in [0.2, 0.25) is 5.82 Å². The number of carboxylic acids is 1. The molecule has 32 heavy (non-hydrogen) atoms. The van der Waals surface area contributed by atoms with E-state index in [-0.39, 0.29) is 17.1 Å². The Morgan fingerprint density at radius 2 is 1.88 bits per heavy atom. The van der Waals surface area contributed by atoms with Crippen molar-refractivity contribution in [2.24, 2.45) is 0 Å². The van der Waals surface area contributed by atoms with Crippen LogP contribution in [-0.4, -0.2) is 32.1 Å². The highest BCUT2D eigenvalue weighted by Crippen LogP contribution is 2.32. The van der Waals surface area contributed by atoms with Crippen LogP contribution in [0.15, 0.2) is 48.8 Å². The number of pyridine rings is 1. The molecule has 2 heterocycles. The zero-order valence-corrected chi connectivity index (χ0v) is 16.5. The first-order chi connectivity index (χ1) is 15.1. The zero-order chi connectivity index (χ0) is 23.5. The molecule has 9 nitrogen and oxygen atoms in total. The summed E-state index contributed by atoms with van der Waals surface area (Å²) in [6.45, 7) is 0.830. The normalized spacial score (nSPS) is 11.3. The highest BCUT2D eigenvalue weighted by molar-refractivity contribution is 5.96. The van der Waals surface area contributed by atoms with E-state index < -0.39 is 22.6 Å². The maximum Gasteiger partial charge on any atom is 0.416 e. The number of aromatic carboxylic acids is 1. The molecule has 2 aromatic heterocycles. The maximum atomic E-state index is 12.8. The summed E-state index contributed by atoms with van der Waals surface area (Å²) in [5.41, 5.74) is 5.07. The highest BCUT2D eigenvalue weighted by atomic mass is 19.4. The molecule has 0 aliphatic rings. The van der Waals surface area contributed by atoms with E-state index in [2.05, 4.69) is 10.3 Å². The summed E-state index contributed by atoms with van der Waals surface area (Å²) in [6.07, 6.45) is -0.958. The number of nitro groups is 1. The second-order valence-electron chi connectivity index (χ2n) is 6.84. The lowest BCUT2D eigenvalue weighted by Gasteiger charge is -2.08. The van der Waals surface area contributed by atoms with Crippen LogP contribution in [0.4, 0.5) is 30.5 Å². The summed E-state index contributed by atoms with van der Waals surface area (Å²) in [7, 11) is 0. The lowest BCUT2D eigenvalue weighted by atomic mass is 10.0. The number of aromatic nitrogens is 2. The fourth-order valence-electron chi connectivity index (χ4n) is 3.07. The number of halogens is 3. The van der Waals surface area contributed by atoms with Gasteiger partial charge in [0.25, 0.3) is 0 Å². The van der Waals surface area contributed by atoms with Gasteiger partial charge in [0.05, 0.1) is 16.1 Å². The van der Waals surface area contributed by atoms with Crippen molar-refractivity contribution in [2.45, 2.75) is 19.1 Å². The standard InChI is InChI=1S/C20H18F3N5O4/c21-20(22,23)13-4-2-12(3-5-13)14-10-27(11-15(14)19(29)30)9-1-8-25-17-7-6-16(28(31)32)18(24)26-17/h2-7,10-11H,1,8-9H2,(H,29,30)(H3,24,25,26). The zero-order valence-electron chi connectivity index (χ0n) is 16.5. The molecule has 0 spiro atoms. The number of rotatable bonds is 8. The Morgan fingerprint density at radius 1 is 1.19 bits per heavy atom. The van der Waals surface area contributed by atoms with Gasteiger partial charge in [-0.15, -0.1) is 0 Å². The molecule has 0 aliphatic carbocycles. The number of hydrogen-bond acceptors (Lipinski definition) is 6. The van der Waals surface area contributed by atoms with Gasteiger partial charge in [0.1, 0.15) is 5.82 Å². The second-order valence-corrected chi connectivity index (χ2v) is 6.84. The first-order valence-electron chi connectivity index (χ1n) is 9.31. The van der Waals surface area contributed by atoms with Crippen molar-refractivity contribution in [3.05, 3.63) is 70.0 Å². The molecule has 0 saturated heterocycles. The molecule has 12 heteroatoms. The molecule has 0 amide bonds. The van der Waals surface area contributed by atoms with Crippen LogP contribution in [0.2, 0.25) is 0 Å². The topological polar surface area (TPSA) is 136 Å². The number of anilines is 2. The van der Waals surface area contributed by atoms with E-state index in [4.69, 9.17) is 5.73 Å². The van der Waals surface area contributed by atoms with Gasteiger partial charge in [0, 0.05) is 37.1 Å². The number of alkyl halides is 3. The van der Waals surface area contributed by atoms with E-state index >= 15 is 0 Å². The summed E-state index contributed by atoms with van der Waals surface area (Å²) in [4.78, 5) is 25.6. The van der Waals surface area contributed by atoms with Gasteiger partial charge in [-0.25, -0.2) is 9.78 Å². The van der Waals surface area contributed by atoms with Gasteiger partial charge < -0.3 is 20.7 Å². The minimum absolute atomic E-state index is 0.0254. The quantitative estimate of drug-likeness (QED) is 0.265. The maximum absolute atomic E-state index is 12.8. The summed E-state index contributed by atoms with van der Waals surface area (Å²) >= 11 is 0. The molecule has 3 rings (SSSR count). The Labute approximate surface area is 179 Å². The number of hydrogen-bond donors (Lipinski definition) is 3. The van der Waals surface area contributed by atoms with E-state index in [0.717, 1.165) is 12.1 Å². The molecule has 0 bridgehead atoms. The number of nitrogens with zero attached hydrogens (tertiary/aromatic N) is 3. The Morgan fingerprint density at radius 3 is 2.44 bits per heavy atom. The van der Waals surface area contributed by atoms with Crippen molar-refractivity contribution in [1.82, 2.24) is 9.55 Å². The third-order valence-electron chi connectivity index (χ3n) is 4.63. The predicted molar refractivity (Wildman–Crippen MR) is 110 cm³/mol. The van der Waals surface area contributed by atoms with Gasteiger partial charge in [0.15, 0.2) is 0 Å². The third kappa shape index (κ3) is 5.14. The molecule has 0 radical (unpaired) electrons. The van der Waals surface area contributed by atoms with Crippen LogP contribution >= 0.6 is 0 Å².